The van der Waals surface area contributed by atoms with E-state index >= 15 is 0 Å². The second-order valence-corrected chi connectivity index (χ2v) is 7.10. The summed E-state index contributed by atoms with van der Waals surface area (Å²) >= 11 is 0. The molecule has 3 heteroatoms. The van der Waals surface area contributed by atoms with Gasteiger partial charge in [-0.25, -0.2) is 0 Å². The van der Waals surface area contributed by atoms with Crippen molar-refractivity contribution < 1.29 is 15.0 Å². The van der Waals surface area contributed by atoms with Gasteiger partial charge in [0, 0.05) is 5.56 Å². The number of phenolic OH excluding ortho intramolecular Hbond substituents is 1. The third kappa shape index (κ3) is 3.53. The number of carboxylic acids is 1. The molecule has 0 fully saturated rings. The van der Waals surface area contributed by atoms with Crippen LogP contribution < -0.4 is 0 Å². The number of benzene rings is 1. The van der Waals surface area contributed by atoms with Gasteiger partial charge in [0.25, 0.3) is 0 Å². The molecule has 0 aromatic heterocycles. The van der Waals surface area contributed by atoms with Crippen LogP contribution in [-0.4, -0.2) is 16.2 Å². The van der Waals surface area contributed by atoms with Gasteiger partial charge in [-0.1, -0.05) is 53.7 Å². The first-order valence-electron chi connectivity index (χ1n) is 7.07. The Bertz CT molecular complexity index is 508. The molecule has 0 heterocycles. The second-order valence-electron chi connectivity index (χ2n) is 7.10. The topological polar surface area (TPSA) is 57.5 Å². The molecule has 0 unspecified atom stereocenters. The first-order chi connectivity index (χ1) is 8.99. The van der Waals surface area contributed by atoms with Crippen LogP contribution in [-0.2, 0) is 22.0 Å². The van der Waals surface area contributed by atoms with Crippen molar-refractivity contribution in [2.75, 3.05) is 0 Å². The van der Waals surface area contributed by atoms with Crippen molar-refractivity contribution in [2.45, 2.75) is 65.2 Å². The highest BCUT2D eigenvalue weighted by atomic mass is 16.4. The SMILES string of the molecule is CCC(C)(C)c1cc(CC(=O)O)cc(C(C)(C)C)c1O. The molecule has 0 spiro atoms. The van der Waals surface area contributed by atoms with E-state index in [0.29, 0.717) is 5.75 Å². The van der Waals surface area contributed by atoms with E-state index in [4.69, 9.17) is 5.11 Å². The van der Waals surface area contributed by atoms with Gasteiger partial charge < -0.3 is 10.2 Å². The largest absolute Gasteiger partial charge is 0.507 e. The quantitative estimate of drug-likeness (QED) is 0.875. The highest BCUT2D eigenvalue weighted by molar-refractivity contribution is 5.71. The predicted octanol–water partition coefficient (Wildman–Crippen LogP) is 4.00. The maximum Gasteiger partial charge on any atom is 0.307 e. The molecular weight excluding hydrogens is 252 g/mol. The molecule has 1 rings (SSSR count). The highest BCUT2D eigenvalue weighted by Crippen LogP contribution is 2.41. The Kier molecular flexibility index (Phi) is 4.52. The van der Waals surface area contributed by atoms with Crippen molar-refractivity contribution in [2.24, 2.45) is 0 Å². The Labute approximate surface area is 121 Å². The second kappa shape index (κ2) is 5.47. The van der Waals surface area contributed by atoms with Gasteiger partial charge in [0.1, 0.15) is 5.75 Å². The van der Waals surface area contributed by atoms with Gasteiger partial charge in [-0.15, -0.1) is 0 Å². The maximum atomic E-state index is 11.0. The molecule has 0 saturated heterocycles. The molecule has 1 aromatic rings. The summed E-state index contributed by atoms with van der Waals surface area (Å²) in [5.41, 5.74) is 1.99. The first-order valence-corrected chi connectivity index (χ1v) is 7.07. The summed E-state index contributed by atoms with van der Waals surface area (Å²) in [5.74, 6) is -0.547. The summed E-state index contributed by atoms with van der Waals surface area (Å²) in [7, 11) is 0. The smallest absolute Gasteiger partial charge is 0.307 e. The maximum absolute atomic E-state index is 11.0. The fourth-order valence-corrected chi connectivity index (χ4v) is 2.25. The lowest BCUT2D eigenvalue weighted by Crippen LogP contribution is -2.20. The first kappa shape index (κ1) is 16.5. The fraction of sp³-hybridized carbons (Fsp3) is 0.588. The molecule has 112 valence electrons. The summed E-state index contributed by atoms with van der Waals surface area (Å²) in [6, 6.07) is 3.65. The monoisotopic (exact) mass is 278 g/mol. The third-order valence-electron chi connectivity index (χ3n) is 3.95. The van der Waals surface area contributed by atoms with Crippen LogP contribution in [0.5, 0.6) is 5.75 Å². The summed E-state index contributed by atoms with van der Waals surface area (Å²) in [5, 5.41) is 19.6. The average molecular weight is 278 g/mol. The highest BCUT2D eigenvalue weighted by Gasteiger charge is 2.28. The number of hydrogen-bond donors (Lipinski definition) is 2. The van der Waals surface area contributed by atoms with Crippen LogP contribution in [0.1, 0.15) is 64.7 Å². The van der Waals surface area contributed by atoms with Crippen molar-refractivity contribution in [1.82, 2.24) is 0 Å². The molecule has 0 bridgehead atoms. The Hall–Kier alpha value is -1.51. The van der Waals surface area contributed by atoms with Crippen molar-refractivity contribution in [1.29, 1.82) is 0 Å². The van der Waals surface area contributed by atoms with Gasteiger partial charge in [-0.3, -0.25) is 4.79 Å². The number of hydrogen-bond acceptors (Lipinski definition) is 2. The zero-order chi connectivity index (χ0) is 15.7. The van der Waals surface area contributed by atoms with E-state index in [9.17, 15) is 9.90 Å². The van der Waals surface area contributed by atoms with Gasteiger partial charge in [0.2, 0.25) is 0 Å². The Balaban J connectivity index is 3.55. The van der Waals surface area contributed by atoms with E-state index in [-0.39, 0.29) is 17.3 Å². The normalized spacial score (nSPS) is 12.5. The number of rotatable bonds is 4. The minimum atomic E-state index is -0.851. The Morgan fingerprint density at radius 1 is 1.10 bits per heavy atom. The van der Waals surface area contributed by atoms with Crippen molar-refractivity contribution in [3.8, 4) is 5.75 Å². The summed E-state index contributed by atoms with van der Waals surface area (Å²) in [6.07, 6.45) is 0.858. The van der Waals surface area contributed by atoms with Crippen molar-refractivity contribution in [3.05, 3.63) is 28.8 Å². The number of aromatic hydroxyl groups is 1. The zero-order valence-electron chi connectivity index (χ0n) is 13.4. The van der Waals surface area contributed by atoms with E-state index in [1.165, 1.54) is 0 Å². The summed E-state index contributed by atoms with van der Waals surface area (Å²) in [6.45, 7) is 12.3. The van der Waals surface area contributed by atoms with Crippen LogP contribution in [0.4, 0.5) is 0 Å². The molecule has 0 aliphatic heterocycles. The Morgan fingerprint density at radius 2 is 1.60 bits per heavy atom. The van der Waals surface area contributed by atoms with E-state index in [1.54, 1.807) is 0 Å². The molecule has 0 radical (unpaired) electrons. The molecule has 3 nitrogen and oxygen atoms in total. The molecule has 0 aliphatic carbocycles. The molecule has 0 amide bonds. The summed E-state index contributed by atoms with van der Waals surface area (Å²) in [4.78, 5) is 11.0. The van der Waals surface area contributed by atoms with E-state index in [2.05, 4.69) is 20.8 Å². The van der Waals surface area contributed by atoms with Crippen LogP contribution >= 0.6 is 0 Å². The lowest BCUT2D eigenvalue weighted by Gasteiger charge is -2.30. The lowest BCUT2D eigenvalue weighted by molar-refractivity contribution is -0.136. The van der Waals surface area contributed by atoms with Gasteiger partial charge in [0.15, 0.2) is 0 Å². The summed E-state index contributed by atoms with van der Waals surface area (Å²) < 4.78 is 0. The molecular formula is C17H26O3. The fourth-order valence-electron chi connectivity index (χ4n) is 2.25. The van der Waals surface area contributed by atoms with Gasteiger partial charge >= 0.3 is 5.97 Å². The number of carboxylic acid groups (broad SMARTS) is 1. The number of aliphatic carboxylic acids is 1. The molecule has 20 heavy (non-hydrogen) atoms. The minimum Gasteiger partial charge on any atom is -0.507 e. The molecule has 0 aliphatic rings. The van der Waals surface area contributed by atoms with E-state index < -0.39 is 5.97 Å². The third-order valence-corrected chi connectivity index (χ3v) is 3.95. The van der Waals surface area contributed by atoms with Gasteiger partial charge in [-0.05, 0) is 28.4 Å². The van der Waals surface area contributed by atoms with Crippen molar-refractivity contribution >= 4 is 5.97 Å². The van der Waals surface area contributed by atoms with Gasteiger partial charge in [0.05, 0.1) is 6.42 Å². The average Bonchev–Trinajstić information content (AvgIpc) is 2.28. The minimum absolute atomic E-state index is 0.0177. The Morgan fingerprint density at radius 3 is 2.00 bits per heavy atom. The van der Waals surface area contributed by atoms with Crippen LogP contribution in [0.3, 0.4) is 0 Å². The zero-order valence-corrected chi connectivity index (χ0v) is 13.4. The lowest BCUT2D eigenvalue weighted by atomic mass is 9.76. The van der Waals surface area contributed by atoms with Crippen LogP contribution in [0.15, 0.2) is 12.1 Å². The standard InChI is InChI=1S/C17H26O3/c1-7-17(5,6)13-9-11(10-14(18)19)8-12(15(13)20)16(2,3)4/h8-9,20H,7,10H2,1-6H3,(H,18,19). The molecule has 0 saturated carbocycles. The predicted molar refractivity (Wildman–Crippen MR) is 81.5 cm³/mol. The number of carbonyl (C=O) groups is 1. The van der Waals surface area contributed by atoms with E-state index in [1.807, 2.05) is 32.9 Å². The molecule has 1 aromatic carbocycles. The van der Waals surface area contributed by atoms with E-state index in [0.717, 1.165) is 23.1 Å². The molecule has 2 N–H and O–H groups in total. The van der Waals surface area contributed by atoms with Crippen LogP contribution in [0.2, 0.25) is 0 Å². The number of phenols is 1. The van der Waals surface area contributed by atoms with Crippen LogP contribution in [0.25, 0.3) is 0 Å². The van der Waals surface area contributed by atoms with Gasteiger partial charge in [-0.2, -0.15) is 0 Å². The van der Waals surface area contributed by atoms with Crippen molar-refractivity contribution in [3.63, 3.8) is 0 Å². The molecule has 0 atom stereocenters. The van der Waals surface area contributed by atoms with Crippen LogP contribution in [0, 0.1) is 0 Å².